The predicted octanol–water partition coefficient (Wildman–Crippen LogP) is 9.26. The number of rotatable bonds is 2. The maximum absolute atomic E-state index is 12.7. The van der Waals surface area contributed by atoms with Crippen molar-refractivity contribution < 1.29 is 19.2 Å². The van der Waals surface area contributed by atoms with E-state index in [2.05, 4.69) is 35.2 Å². The van der Waals surface area contributed by atoms with Gasteiger partial charge in [0.2, 0.25) is 0 Å². The molecule has 51 heavy (non-hydrogen) atoms. The lowest BCUT2D eigenvalue weighted by Crippen LogP contribution is -2.29. The summed E-state index contributed by atoms with van der Waals surface area (Å²) in [5.41, 5.74) is 7.87. The van der Waals surface area contributed by atoms with Gasteiger partial charge in [0.15, 0.2) is 0 Å². The molecule has 10 rings (SSSR count). The lowest BCUT2D eigenvalue weighted by atomic mass is 10.0. The standard InChI is InChI=1S/C21H14N2O2S.C21H13NO2S/c1-22-16-8-4-5-9-18(16)26-19-12-13(10-11-17(19)22)23-20(24)14-6-2-3-7-15(14)21(23)25;23-20-16-6-2-3-7-17(16)21(24)22(20)15-10-9-14-11-13-5-1-4-8-18(13)25-19(14)12-15/h2-12H,1H3;1-10,12H,11H2. The number of hydrogen-bond donors (Lipinski definition) is 0. The Bertz CT molecular complexity index is 2430. The van der Waals surface area contributed by atoms with Gasteiger partial charge in [0.25, 0.3) is 23.6 Å². The van der Waals surface area contributed by atoms with Crippen LogP contribution >= 0.6 is 23.5 Å². The Hall–Kier alpha value is -5.90. The predicted molar refractivity (Wildman–Crippen MR) is 200 cm³/mol. The maximum Gasteiger partial charge on any atom is 0.266 e. The number of hydrogen-bond acceptors (Lipinski definition) is 7. The third-order valence-corrected chi connectivity index (χ3v) is 11.8. The summed E-state index contributed by atoms with van der Waals surface area (Å²) in [5.74, 6) is -1.02. The molecule has 4 aliphatic heterocycles. The van der Waals surface area contributed by atoms with Crippen molar-refractivity contribution in [1.82, 2.24) is 0 Å². The number of para-hydroxylation sites is 1. The zero-order chi connectivity index (χ0) is 34.8. The van der Waals surface area contributed by atoms with Crippen LogP contribution in [0.25, 0.3) is 0 Å². The highest BCUT2D eigenvalue weighted by molar-refractivity contribution is 8.00. The van der Waals surface area contributed by atoms with Crippen LogP contribution in [0.2, 0.25) is 0 Å². The minimum atomic E-state index is -0.264. The van der Waals surface area contributed by atoms with Gasteiger partial charge < -0.3 is 4.90 Å². The molecule has 0 bridgehead atoms. The average molecular weight is 702 g/mol. The Morgan fingerprint density at radius 3 is 1.47 bits per heavy atom. The van der Waals surface area contributed by atoms with E-state index in [4.69, 9.17) is 0 Å². The number of nitrogens with zero attached hydrogens (tertiary/aromatic N) is 3. The minimum absolute atomic E-state index is 0.248. The molecule has 0 aromatic heterocycles. The number of carbonyl (C=O) groups excluding carboxylic acids is 4. The van der Waals surface area contributed by atoms with E-state index in [9.17, 15) is 19.2 Å². The average Bonchev–Trinajstić information content (AvgIpc) is 3.58. The smallest absolute Gasteiger partial charge is 0.266 e. The van der Waals surface area contributed by atoms with Crippen LogP contribution < -0.4 is 14.7 Å². The van der Waals surface area contributed by atoms with Crippen molar-refractivity contribution in [3.8, 4) is 0 Å². The molecule has 4 heterocycles. The highest BCUT2D eigenvalue weighted by atomic mass is 32.2. The molecular formula is C42H27N3O4S2. The first-order valence-electron chi connectivity index (χ1n) is 16.4. The van der Waals surface area contributed by atoms with E-state index in [0.717, 1.165) is 32.5 Å². The van der Waals surface area contributed by atoms with Crippen molar-refractivity contribution in [3.05, 3.63) is 167 Å². The molecule has 246 valence electrons. The third-order valence-electron chi connectivity index (χ3n) is 9.48. The summed E-state index contributed by atoms with van der Waals surface area (Å²) in [6.07, 6.45) is 0.876. The number of fused-ring (bicyclic) bond motifs is 6. The fourth-order valence-electron chi connectivity index (χ4n) is 6.91. The normalized spacial score (nSPS) is 15.0. The van der Waals surface area contributed by atoms with Gasteiger partial charge in [-0.1, -0.05) is 84.2 Å². The third kappa shape index (κ3) is 5.08. The summed E-state index contributed by atoms with van der Waals surface area (Å²) in [6.45, 7) is 0. The van der Waals surface area contributed by atoms with Crippen LogP contribution in [0.4, 0.5) is 22.7 Å². The van der Waals surface area contributed by atoms with E-state index in [-0.39, 0.29) is 23.6 Å². The summed E-state index contributed by atoms with van der Waals surface area (Å²) in [4.78, 5) is 60.0. The largest absolute Gasteiger partial charge is 0.343 e. The topological polar surface area (TPSA) is 78.0 Å². The minimum Gasteiger partial charge on any atom is -0.343 e. The van der Waals surface area contributed by atoms with Crippen LogP contribution in [0.15, 0.2) is 153 Å². The molecule has 0 radical (unpaired) electrons. The van der Waals surface area contributed by atoms with Crippen LogP contribution in [0, 0.1) is 0 Å². The highest BCUT2D eigenvalue weighted by Gasteiger charge is 2.38. The fourth-order valence-corrected chi connectivity index (χ4v) is 9.20. The molecule has 7 nitrogen and oxygen atoms in total. The van der Waals surface area contributed by atoms with Gasteiger partial charge in [-0.25, -0.2) is 9.80 Å². The summed E-state index contributed by atoms with van der Waals surface area (Å²) >= 11 is 3.35. The second kappa shape index (κ2) is 12.2. The van der Waals surface area contributed by atoms with Crippen molar-refractivity contribution >= 4 is 69.9 Å². The first-order chi connectivity index (χ1) is 24.9. The van der Waals surface area contributed by atoms with Crippen LogP contribution in [0.3, 0.4) is 0 Å². The Balaban J connectivity index is 0.000000137. The Morgan fingerprint density at radius 1 is 0.431 bits per heavy atom. The molecule has 9 heteroatoms. The number of anilines is 4. The van der Waals surface area contributed by atoms with Gasteiger partial charge >= 0.3 is 0 Å². The summed E-state index contributed by atoms with van der Waals surface area (Å²) in [5, 5.41) is 0. The van der Waals surface area contributed by atoms with Gasteiger partial charge in [-0.3, -0.25) is 19.2 Å². The number of imide groups is 2. The molecule has 0 atom stereocenters. The molecule has 0 unspecified atom stereocenters. The van der Waals surface area contributed by atoms with Crippen molar-refractivity contribution in [2.24, 2.45) is 0 Å². The Morgan fingerprint density at radius 2 is 0.863 bits per heavy atom. The molecule has 0 aliphatic carbocycles. The molecule has 4 aliphatic rings. The molecular weight excluding hydrogens is 675 g/mol. The molecule has 0 saturated carbocycles. The zero-order valence-corrected chi connectivity index (χ0v) is 28.8. The number of amides is 4. The lowest BCUT2D eigenvalue weighted by Gasteiger charge is -2.30. The highest BCUT2D eigenvalue weighted by Crippen LogP contribution is 2.49. The second-order valence-corrected chi connectivity index (χ2v) is 14.6. The molecule has 0 spiro atoms. The van der Waals surface area contributed by atoms with Gasteiger partial charge in [0.05, 0.1) is 45.0 Å². The molecule has 0 fully saturated rings. The van der Waals surface area contributed by atoms with E-state index in [0.29, 0.717) is 33.6 Å². The van der Waals surface area contributed by atoms with Crippen LogP contribution in [0.1, 0.15) is 52.6 Å². The van der Waals surface area contributed by atoms with E-state index in [1.807, 2.05) is 61.6 Å². The molecule has 0 N–H and O–H groups in total. The van der Waals surface area contributed by atoms with Crippen molar-refractivity contribution in [3.63, 3.8) is 0 Å². The van der Waals surface area contributed by atoms with E-state index in [1.165, 1.54) is 25.8 Å². The van der Waals surface area contributed by atoms with Crippen LogP contribution in [-0.2, 0) is 6.42 Å². The number of carbonyl (C=O) groups is 4. The quantitative estimate of drug-likeness (QED) is 0.166. The lowest BCUT2D eigenvalue weighted by molar-refractivity contribution is 0.0910. The van der Waals surface area contributed by atoms with Crippen molar-refractivity contribution in [2.45, 2.75) is 26.0 Å². The van der Waals surface area contributed by atoms with Crippen molar-refractivity contribution in [2.75, 3.05) is 21.7 Å². The molecule has 0 saturated heterocycles. The van der Waals surface area contributed by atoms with Gasteiger partial charge in [-0.2, -0.15) is 0 Å². The van der Waals surface area contributed by atoms with Crippen LogP contribution in [-0.4, -0.2) is 30.7 Å². The van der Waals surface area contributed by atoms with Gasteiger partial charge in [0.1, 0.15) is 0 Å². The van der Waals surface area contributed by atoms with Gasteiger partial charge in [-0.05, 0) is 90.3 Å². The maximum atomic E-state index is 12.7. The molecule has 4 amide bonds. The summed E-state index contributed by atoms with van der Waals surface area (Å²) in [7, 11) is 2.03. The zero-order valence-electron chi connectivity index (χ0n) is 27.2. The van der Waals surface area contributed by atoms with E-state index in [1.54, 1.807) is 72.1 Å². The second-order valence-electron chi connectivity index (χ2n) is 12.4. The Kier molecular flexibility index (Phi) is 7.41. The fraction of sp³-hybridized carbons (Fsp3) is 0.0476. The molecule has 6 aromatic rings. The first kappa shape index (κ1) is 31.1. The monoisotopic (exact) mass is 701 g/mol. The first-order valence-corrected chi connectivity index (χ1v) is 18.0. The number of benzene rings is 6. The summed E-state index contributed by atoms with van der Waals surface area (Å²) in [6, 6.07) is 42.1. The van der Waals surface area contributed by atoms with Gasteiger partial charge in [-0.15, -0.1) is 0 Å². The summed E-state index contributed by atoms with van der Waals surface area (Å²) < 4.78 is 0. The molecule has 6 aromatic carbocycles. The van der Waals surface area contributed by atoms with Crippen LogP contribution in [0.5, 0.6) is 0 Å². The van der Waals surface area contributed by atoms with E-state index >= 15 is 0 Å². The Labute approximate surface area is 302 Å². The van der Waals surface area contributed by atoms with E-state index < -0.39 is 0 Å². The SMILES string of the molecule is CN1c2ccccc2Sc2cc(N3C(=O)c4ccccc4C3=O)ccc21.O=C1c2ccccc2C(=O)N1c1ccc2c(c1)Sc1ccccc1C2. The van der Waals surface area contributed by atoms with Crippen molar-refractivity contribution in [1.29, 1.82) is 0 Å². The van der Waals surface area contributed by atoms with Gasteiger partial charge in [0, 0.05) is 26.6 Å².